The summed E-state index contributed by atoms with van der Waals surface area (Å²) >= 11 is 6.20. The van der Waals surface area contributed by atoms with Crippen molar-refractivity contribution in [2.24, 2.45) is 0 Å². The number of hydrogen-bond donors (Lipinski definition) is 1. The molecule has 0 bridgehead atoms. The van der Waals surface area contributed by atoms with Gasteiger partial charge in [0.05, 0.1) is 5.38 Å². The third-order valence-corrected chi connectivity index (χ3v) is 2.97. The molecule has 94 valence electrons. The van der Waals surface area contributed by atoms with E-state index in [1.165, 1.54) is 0 Å². The van der Waals surface area contributed by atoms with Gasteiger partial charge in [0, 0.05) is 6.54 Å². The first-order chi connectivity index (χ1) is 8.66. The van der Waals surface area contributed by atoms with Crippen LogP contribution in [0, 0.1) is 6.92 Å². The number of rotatable bonds is 4. The number of carbonyl (C=O) groups excluding carboxylic acids is 1. The maximum atomic E-state index is 11.7. The molecule has 1 unspecified atom stereocenters. The Labute approximate surface area is 111 Å². The average Bonchev–Trinajstić information content (AvgIpc) is 2.83. The van der Waals surface area contributed by atoms with Crippen molar-refractivity contribution < 1.29 is 9.21 Å². The first kappa shape index (κ1) is 12.7. The maximum absolute atomic E-state index is 11.7. The summed E-state index contributed by atoms with van der Waals surface area (Å²) in [5.41, 5.74) is 0.982. The van der Waals surface area contributed by atoms with Crippen LogP contribution in [-0.2, 0) is 0 Å². The Morgan fingerprint density at radius 2 is 2.00 bits per heavy atom. The van der Waals surface area contributed by atoms with Gasteiger partial charge in [-0.2, -0.15) is 0 Å². The van der Waals surface area contributed by atoms with E-state index in [-0.39, 0.29) is 11.3 Å². The van der Waals surface area contributed by atoms with E-state index in [4.69, 9.17) is 16.0 Å². The minimum absolute atomic E-state index is 0.244. The molecule has 0 aliphatic carbocycles. The van der Waals surface area contributed by atoms with Crippen molar-refractivity contribution in [3.8, 4) is 0 Å². The Kier molecular flexibility index (Phi) is 4.05. The minimum atomic E-state index is -0.246. The molecule has 0 fully saturated rings. The monoisotopic (exact) mass is 263 g/mol. The number of carbonyl (C=O) groups is 1. The van der Waals surface area contributed by atoms with Crippen LogP contribution in [0.3, 0.4) is 0 Å². The summed E-state index contributed by atoms with van der Waals surface area (Å²) in [6.07, 6.45) is 0. The van der Waals surface area contributed by atoms with E-state index < -0.39 is 0 Å². The van der Waals surface area contributed by atoms with Gasteiger partial charge >= 0.3 is 0 Å². The van der Waals surface area contributed by atoms with Crippen LogP contribution >= 0.6 is 11.6 Å². The average molecular weight is 264 g/mol. The van der Waals surface area contributed by atoms with Crippen molar-refractivity contribution in [1.82, 2.24) is 5.32 Å². The summed E-state index contributed by atoms with van der Waals surface area (Å²) in [6, 6.07) is 13.0. The van der Waals surface area contributed by atoms with E-state index in [0.717, 1.165) is 5.56 Å². The number of alkyl halides is 1. The number of benzene rings is 1. The lowest BCUT2D eigenvalue weighted by Crippen LogP contribution is -2.26. The van der Waals surface area contributed by atoms with Crippen molar-refractivity contribution in [3.63, 3.8) is 0 Å². The van der Waals surface area contributed by atoms with E-state index in [1.54, 1.807) is 19.1 Å². The highest BCUT2D eigenvalue weighted by atomic mass is 35.5. The Morgan fingerprint density at radius 3 is 2.61 bits per heavy atom. The lowest BCUT2D eigenvalue weighted by Gasteiger charge is -2.10. The largest absolute Gasteiger partial charge is 0.456 e. The van der Waals surface area contributed by atoms with Crippen molar-refractivity contribution >= 4 is 17.5 Å². The molecule has 3 nitrogen and oxygen atoms in total. The number of aryl methyl sites for hydroxylation is 1. The second kappa shape index (κ2) is 5.74. The second-order valence-corrected chi connectivity index (χ2v) is 4.53. The molecule has 0 saturated carbocycles. The molecule has 1 heterocycles. The van der Waals surface area contributed by atoms with Gasteiger partial charge in [-0.1, -0.05) is 30.3 Å². The normalized spacial score (nSPS) is 12.1. The van der Waals surface area contributed by atoms with Crippen LogP contribution in [0.2, 0.25) is 0 Å². The number of hydrogen-bond acceptors (Lipinski definition) is 2. The van der Waals surface area contributed by atoms with E-state index in [1.807, 2.05) is 30.3 Å². The van der Waals surface area contributed by atoms with Gasteiger partial charge < -0.3 is 9.73 Å². The lowest BCUT2D eigenvalue weighted by molar-refractivity contribution is 0.0924. The van der Waals surface area contributed by atoms with Crippen LogP contribution in [0.4, 0.5) is 0 Å². The minimum Gasteiger partial charge on any atom is -0.456 e. The molecular formula is C14H14ClNO2. The third kappa shape index (κ3) is 3.14. The number of furan rings is 1. The summed E-state index contributed by atoms with van der Waals surface area (Å²) < 4.78 is 5.23. The summed E-state index contributed by atoms with van der Waals surface area (Å²) in [5.74, 6) is 0.778. The zero-order valence-corrected chi connectivity index (χ0v) is 10.8. The molecule has 1 aromatic carbocycles. The summed E-state index contributed by atoms with van der Waals surface area (Å²) in [7, 11) is 0. The molecule has 2 rings (SSSR count). The van der Waals surface area contributed by atoms with Crippen LogP contribution < -0.4 is 5.32 Å². The van der Waals surface area contributed by atoms with Gasteiger partial charge in [0.25, 0.3) is 5.91 Å². The molecule has 4 heteroatoms. The van der Waals surface area contributed by atoms with Gasteiger partial charge in [0.15, 0.2) is 5.76 Å². The van der Waals surface area contributed by atoms with Crippen LogP contribution in [0.25, 0.3) is 0 Å². The van der Waals surface area contributed by atoms with Gasteiger partial charge in [-0.15, -0.1) is 11.6 Å². The van der Waals surface area contributed by atoms with Crippen LogP contribution in [0.15, 0.2) is 46.9 Å². The fourth-order valence-electron chi connectivity index (χ4n) is 1.61. The topological polar surface area (TPSA) is 42.2 Å². The fourth-order valence-corrected chi connectivity index (χ4v) is 1.83. The van der Waals surface area contributed by atoms with E-state index in [9.17, 15) is 4.79 Å². The quantitative estimate of drug-likeness (QED) is 0.860. The van der Waals surface area contributed by atoms with E-state index >= 15 is 0 Å². The van der Waals surface area contributed by atoms with Gasteiger partial charge in [-0.25, -0.2) is 0 Å². The molecule has 1 atom stereocenters. The molecule has 0 radical (unpaired) electrons. The molecular weight excluding hydrogens is 250 g/mol. The molecule has 18 heavy (non-hydrogen) atoms. The Balaban J connectivity index is 1.90. The van der Waals surface area contributed by atoms with Gasteiger partial charge in [0.2, 0.25) is 0 Å². The standard InChI is InChI=1S/C14H14ClNO2/c1-10-7-8-13(18-10)14(17)16-9-12(15)11-5-3-2-4-6-11/h2-8,12H,9H2,1H3,(H,16,17). The van der Waals surface area contributed by atoms with E-state index in [0.29, 0.717) is 18.1 Å². The predicted octanol–water partition coefficient (Wildman–Crippen LogP) is 3.30. The molecule has 0 saturated heterocycles. The summed E-state index contributed by atoms with van der Waals surface area (Å²) in [5, 5.41) is 2.50. The Morgan fingerprint density at radius 1 is 1.28 bits per heavy atom. The first-order valence-corrected chi connectivity index (χ1v) is 6.14. The van der Waals surface area contributed by atoms with Crippen molar-refractivity contribution in [2.45, 2.75) is 12.3 Å². The molecule has 1 N–H and O–H groups in total. The molecule has 1 aromatic heterocycles. The predicted molar refractivity (Wildman–Crippen MR) is 70.8 cm³/mol. The highest BCUT2D eigenvalue weighted by molar-refractivity contribution is 6.21. The van der Waals surface area contributed by atoms with Crippen molar-refractivity contribution in [2.75, 3.05) is 6.54 Å². The summed E-state index contributed by atoms with van der Waals surface area (Å²) in [6.45, 7) is 2.16. The smallest absolute Gasteiger partial charge is 0.287 e. The molecule has 2 aromatic rings. The lowest BCUT2D eigenvalue weighted by atomic mass is 10.1. The summed E-state index contributed by atoms with van der Waals surface area (Å²) in [4.78, 5) is 11.7. The van der Waals surface area contributed by atoms with Crippen LogP contribution in [0.5, 0.6) is 0 Å². The zero-order chi connectivity index (χ0) is 13.0. The van der Waals surface area contributed by atoms with Gasteiger partial charge in [-0.05, 0) is 24.6 Å². The second-order valence-electron chi connectivity index (χ2n) is 4.00. The Bertz CT molecular complexity index is 522. The zero-order valence-electron chi connectivity index (χ0n) is 10.0. The number of halogens is 1. The van der Waals surface area contributed by atoms with Gasteiger partial charge in [-0.3, -0.25) is 4.79 Å². The highest BCUT2D eigenvalue weighted by Gasteiger charge is 2.12. The third-order valence-electron chi connectivity index (χ3n) is 2.57. The Hall–Kier alpha value is -1.74. The molecule has 0 aliphatic heterocycles. The van der Waals surface area contributed by atoms with Crippen LogP contribution in [-0.4, -0.2) is 12.5 Å². The van der Waals surface area contributed by atoms with Crippen molar-refractivity contribution in [1.29, 1.82) is 0 Å². The molecule has 1 amide bonds. The maximum Gasteiger partial charge on any atom is 0.287 e. The SMILES string of the molecule is Cc1ccc(C(=O)NCC(Cl)c2ccccc2)o1. The van der Waals surface area contributed by atoms with Crippen molar-refractivity contribution in [3.05, 3.63) is 59.5 Å². The molecule has 0 aliphatic rings. The number of amides is 1. The van der Waals surface area contributed by atoms with Gasteiger partial charge in [0.1, 0.15) is 5.76 Å². The highest BCUT2D eigenvalue weighted by Crippen LogP contribution is 2.18. The first-order valence-electron chi connectivity index (χ1n) is 5.70. The van der Waals surface area contributed by atoms with Crippen LogP contribution in [0.1, 0.15) is 27.3 Å². The molecule has 0 spiro atoms. The number of nitrogens with one attached hydrogen (secondary N) is 1. The van der Waals surface area contributed by atoms with E-state index in [2.05, 4.69) is 5.32 Å². The fraction of sp³-hybridized carbons (Fsp3) is 0.214.